The fourth-order valence-corrected chi connectivity index (χ4v) is 3.04. The monoisotopic (exact) mass is 330 g/mol. The van der Waals surface area contributed by atoms with Crippen LogP contribution in [0.4, 0.5) is 10.8 Å². The number of anilines is 2. The molecule has 0 unspecified atom stereocenters. The van der Waals surface area contributed by atoms with E-state index in [9.17, 15) is 0 Å². The molecule has 0 fully saturated rings. The molecule has 0 aliphatic carbocycles. The van der Waals surface area contributed by atoms with Gasteiger partial charge >= 0.3 is 0 Å². The summed E-state index contributed by atoms with van der Waals surface area (Å²) in [7, 11) is 0. The zero-order valence-electron chi connectivity index (χ0n) is 11.4. The first-order valence-electron chi connectivity index (χ1n) is 6.66. The van der Waals surface area contributed by atoms with Gasteiger partial charge in [-0.15, -0.1) is 11.3 Å². The van der Waals surface area contributed by atoms with Gasteiger partial charge in [-0.2, -0.15) is 0 Å². The SMILES string of the molecule is Clc1ccc(Nc2nc(-c3ccc4c(c3)OCO4)cs2)cc1. The number of hydrogen-bond acceptors (Lipinski definition) is 5. The van der Waals surface area contributed by atoms with Crippen molar-refractivity contribution in [1.82, 2.24) is 4.98 Å². The van der Waals surface area contributed by atoms with Crippen molar-refractivity contribution in [2.75, 3.05) is 12.1 Å². The lowest BCUT2D eigenvalue weighted by molar-refractivity contribution is 0.174. The van der Waals surface area contributed by atoms with Crippen molar-refractivity contribution >= 4 is 33.8 Å². The first-order chi connectivity index (χ1) is 10.8. The smallest absolute Gasteiger partial charge is 0.231 e. The zero-order chi connectivity index (χ0) is 14.9. The number of fused-ring (bicyclic) bond motifs is 1. The van der Waals surface area contributed by atoms with E-state index in [1.54, 1.807) is 11.3 Å². The Bertz CT molecular complexity index is 817. The van der Waals surface area contributed by atoms with Crippen LogP contribution in [0.5, 0.6) is 11.5 Å². The maximum absolute atomic E-state index is 5.88. The van der Waals surface area contributed by atoms with Gasteiger partial charge in [-0.05, 0) is 42.5 Å². The fourth-order valence-electron chi connectivity index (χ4n) is 2.18. The van der Waals surface area contributed by atoms with Gasteiger partial charge < -0.3 is 14.8 Å². The quantitative estimate of drug-likeness (QED) is 0.739. The summed E-state index contributed by atoms with van der Waals surface area (Å²) in [6.45, 7) is 0.277. The molecule has 1 aliphatic rings. The summed E-state index contributed by atoms with van der Waals surface area (Å²) in [5, 5.41) is 6.82. The highest BCUT2D eigenvalue weighted by Gasteiger charge is 2.15. The summed E-state index contributed by atoms with van der Waals surface area (Å²) in [6.07, 6.45) is 0. The molecule has 1 aliphatic heterocycles. The van der Waals surface area contributed by atoms with Crippen LogP contribution in [0.3, 0.4) is 0 Å². The van der Waals surface area contributed by atoms with Crippen LogP contribution < -0.4 is 14.8 Å². The average Bonchev–Trinajstić information content (AvgIpc) is 3.17. The van der Waals surface area contributed by atoms with Crippen LogP contribution in [-0.4, -0.2) is 11.8 Å². The highest BCUT2D eigenvalue weighted by atomic mass is 35.5. The minimum absolute atomic E-state index is 0.277. The number of halogens is 1. The summed E-state index contributed by atoms with van der Waals surface area (Å²) >= 11 is 7.43. The molecule has 0 bridgehead atoms. The van der Waals surface area contributed by atoms with Crippen molar-refractivity contribution in [1.29, 1.82) is 0 Å². The van der Waals surface area contributed by atoms with Gasteiger partial charge in [0.15, 0.2) is 16.6 Å². The maximum Gasteiger partial charge on any atom is 0.231 e. The first kappa shape index (κ1) is 13.4. The van der Waals surface area contributed by atoms with Gasteiger partial charge in [-0.25, -0.2) is 4.98 Å². The second kappa shape index (κ2) is 5.51. The molecule has 2 heterocycles. The Hall–Kier alpha value is -2.24. The molecule has 0 radical (unpaired) electrons. The third-order valence-electron chi connectivity index (χ3n) is 3.27. The Morgan fingerprint density at radius 2 is 1.86 bits per heavy atom. The third kappa shape index (κ3) is 2.61. The minimum atomic E-state index is 0.277. The molecule has 2 aromatic carbocycles. The highest BCUT2D eigenvalue weighted by molar-refractivity contribution is 7.14. The summed E-state index contributed by atoms with van der Waals surface area (Å²) < 4.78 is 10.7. The van der Waals surface area contributed by atoms with Crippen LogP contribution in [0, 0.1) is 0 Å². The van der Waals surface area contributed by atoms with Gasteiger partial charge in [0.1, 0.15) is 0 Å². The summed E-state index contributed by atoms with van der Waals surface area (Å²) in [4.78, 5) is 4.60. The van der Waals surface area contributed by atoms with Crippen molar-refractivity contribution in [2.45, 2.75) is 0 Å². The predicted octanol–water partition coefficient (Wildman–Crippen LogP) is 4.94. The van der Waals surface area contributed by atoms with E-state index in [0.717, 1.165) is 33.6 Å². The van der Waals surface area contributed by atoms with Crippen molar-refractivity contribution in [3.63, 3.8) is 0 Å². The van der Waals surface area contributed by atoms with E-state index in [0.29, 0.717) is 5.02 Å². The Kier molecular flexibility index (Phi) is 3.36. The van der Waals surface area contributed by atoms with Gasteiger partial charge in [0.2, 0.25) is 6.79 Å². The second-order valence-corrected chi connectivity index (χ2v) is 6.03. The summed E-state index contributed by atoms with van der Waals surface area (Å²) in [5.41, 5.74) is 2.86. The van der Waals surface area contributed by atoms with E-state index in [1.165, 1.54) is 0 Å². The topological polar surface area (TPSA) is 43.4 Å². The molecule has 1 aromatic heterocycles. The van der Waals surface area contributed by atoms with Crippen LogP contribution in [0.2, 0.25) is 5.02 Å². The molecule has 3 aromatic rings. The second-order valence-electron chi connectivity index (χ2n) is 4.74. The lowest BCUT2D eigenvalue weighted by Crippen LogP contribution is -1.92. The Labute approximate surface area is 136 Å². The lowest BCUT2D eigenvalue weighted by atomic mass is 10.1. The lowest BCUT2D eigenvalue weighted by Gasteiger charge is -2.02. The van der Waals surface area contributed by atoms with E-state index in [4.69, 9.17) is 21.1 Å². The fraction of sp³-hybridized carbons (Fsp3) is 0.0625. The highest BCUT2D eigenvalue weighted by Crippen LogP contribution is 2.36. The molecule has 0 atom stereocenters. The van der Waals surface area contributed by atoms with E-state index < -0.39 is 0 Å². The van der Waals surface area contributed by atoms with Crippen LogP contribution in [0.15, 0.2) is 47.8 Å². The standard InChI is InChI=1S/C16H11ClN2O2S/c17-11-2-4-12(5-3-11)18-16-19-13(8-22-16)10-1-6-14-15(7-10)21-9-20-14/h1-8H,9H2,(H,18,19). The largest absolute Gasteiger partial charge is 0.454 e. The van der Waals surface area contributed by atoms with Crippen molar-refractivity contribution in [3.8, 4) is 22.8 Å². The molecule has 110 valence electrons. The Morgan fingerprint density at radius 3 is 2.73 bits per heavy atom. The molecular weight excluding hydrogens is 320 g/mol. The van der Waals surface area contributed by atoms with E-state index in [2.05, 4.69) is 10.3 Å². The van der Waals surface area contributed by atoms with Gasteiger partial charge in [0.25, 0.3) is 0 Å². The van der Waals surface area contributed by atoms with E-state index >= 15 is 0 Å². The number of nitrogens with zero attached hydrogens (tertiary/aromatic N) is 1. The van der Waals surface area contributed by atoms with Crippen LogP contribution in [-0.2, 0) is 0 Å². The molecule has 0 saturated carbocycles. The third-order valence-corrected chi connectivity index (χ3v) is 4.28. The molecular formula is C16H11ClN2O2S. The van der Waals surface area contributed by atoms with Crippen molar-refractivity contribution in [2.24, 2.45) is 0 Å². The summed E-state index contributed by atoms with van der Waals surface area (Å²) in [6, 6.07) is 13.4. The van der Waals surface area contributed by atoms with Crippen molar-refractivity contribution in [3.05, 3.63) is 52.9 Å². The number of rotatable bonds is 3. The molecule has 22 heavy (non-hydrogen) atoms. The summed E-state index contributed by atoms with van der Waals surface area (Å²) in [5.74, 6) is 1.54. The maximum atomic E-state index is 5.88. The first-order valence-corrected chi connectivity index (χ1v) is 7.92. The number of ether oxygens (including phenoxy) is 2. The zero-order valence-corrected chi connectivity index (χ0v) is 12.9. The Balaban J connectivity index is 1.57. The molecule has 4 nitrogen and oxygen atoms in total. The van der Waals surface area contributed by atoms with Gasteiger partial charge in [-0.1, -0.05) is 11.6 Å². The minimum Gasteiger partial charge on any atom is -0.454 e. The van der Waals surface area contributed by atoms with Crippen LogP contribution in [0.25, 0.3) is 11.3 Å². The van der Waals surface area contributed by atoms with E-state index in [-0.39, 0.29) is 6.79 Å². The molecule has 4 rings (SSSR count). The number of hydrogen-bond donors (Lipinski definition) is 1. The van der Waals surface area contributed by atoms with Gasteiger partial charge in [-0.3, -0.25) is 0 Å². The molecule has 0 saturated heterocycles. The van der Waals surface area contributed by atoms with Crippen LogP contribution >= 0.6 is 22.9 Å². The number of benzene rings is 2. The molecule has 0 spiro atoms. The molecule has 0 amide bonds. The van der Waals surface area contributed by atoms with Crippen molar-refractivity contribution < 1.29 is 9.47 Å². The number of aromatic nitrogens is 1. The number of nitrogens with one attached hydrogen (secondary N) is 1. The predicted molar refractivity (Wildman–Crippen MR) is 88.4 cm³/mol. The van der Waals surface area contributed by atoms with Gasteiger partial charge in [0, 0.05) is 21.7 Å². The Morgan fingerprint density at radius 1 is 1.05 bits per heavy atom. The normalized spacial score (nSPS) is 12.4. The van der Waals surface area contributed by atoms with E-state index in [1.807, 2.05) is 47.8 Å². The van der Waals surface area contributed by atoms with Gasteiger partial charge in [0.05, 0.1) is 5.69 Å². The molecule has 1 N–H and O–H groups in total. The average molecular weight is 331 g/mol. The molecule has 6 heteroatoms. The number of thiazole rings is 1. The van der Waals surface area contributed by atoms with Crippen LogP contribution in [0.1, 0.15) is 0 Å².